The standard InChI is InChI=1S/C32H27F6NO3/c1-20(41-21(2)40)28-10-6-7-11-29(28)39-31(19-22-8-4-3-5-9-22,23-12-14-25(33)15-13-23)24-16-26(34)18-27(17-24)42-32(37,38)30(35)36/h3-18,20,30,39H,19H2,1-2H3/t20?,31-/m1/s1. The highest BCUT2D eigenvalue weighted by molar-refractivity contribution is 5.67. The van der Waals surface area contributed by atoms with Crippen LogP contribution in [0.3, 0.4) is 0 Å². The lowest BCUT2D eigenvalue weighted by Gasteiger charge is -2.39. The molecule has 42 heavy (non-hydrogen) atoms. The molecule has 10 heteroatoms. The van der Waals surface area contributed by atoms with E-state index >= 15 is 4.39 Å². The molecule has 4 nitrogen and oxygen atoms in total. The van der Waals surface area contributed by atoms with Crippen LogP contribution in [0.1, 0.15) is 42.2 Å². The molecule has 220 valence electrons. The Hall–Kier alpha value is -4.47. The number of nitrogens with one attached hydrogen (secondary N) is 1. The first kappa shape index (κ1) is 30.5. The first-order valence-corrected chi connectivity index (χ1v) is 12.9. The highest BCUT2D eigenvalue weighted by Crippen LogP contribution is 2.41. The van der Waals surface area contributed by atoms with Gasteiger partial charge >= 0.3 is 18.5 Å². The molecule has 0 aliphatic rings. The number of carbonyl (C=O) groups is 1. The van der Waals surface area contributed by atoms with E-state index in [2.05, 4.69) is 10.1 Å². The van der Waals surface area contributed by atoms with Gasteiger partial charge in [0.2, 0.25) is 0 Å². The van der Waals surface area contributed by atoms with Crippen LogP contribution in [0.5, 0.6) is 5.75 Å². The van der Waals surface area contributed by atoms with Gasteiger partial charge in [-0.1, -0.05) is 60.7 Å². The number of alkyl halides is 4. The van der Waals surface area contributed by atoms with Crippen molar-refractivity contribution in [2.75, 3.05) is 5.32 Å². The molecule has 0 bridgehead atoms. The average Bonchev–Trinajstić information content (AvgIpc) is 2.93. The van der Waals surface area contributed by atoms with Crippen molar-refractivity contribution in [2.24, 2.45) is 0 Å². The topological polar surface area (TPSA) is 47.6 Å². The number of para-hydroxylation sites is 1. The van der Waals surface area contributed by atoms with Crippen LogP contribution in [-0.4, -0.2) is 18.5 Å². The summed E-state index contributed by atoms with van der Waals surface area (Å²) in [6.45, 7) is 2.91. The van der Waals surface area contributed by atoms with Crippen LogP contribution in [-0.2, 0) is 21.5 Å². The Kier molecular flexibility index (Phi) is 9.14. The van der Waals surface area contributed by atoms with Gasteiger partial charge in [0, 0.05) is 30.7 Å². The van der Waals surface area contributed by atoms with Gasteiger partial charge in [-0.05, 0) is 53.9 Å². The fourth-order valence-corrected chi connectivity index (χ4v) is 4.77. The third-order valence-corrected chi connectivity index (χ3v) is 6.61. The van der Waals surface area contributed by atoms with E-state index in [0.29, 0.717) is 28.4 Å². The fraction of sp³-hybridized carbons (Fsp3) is 0.219. The quantitative estimate of drug-likeness (QED) is 0.141. The average molecular weight is 588 g/mol. The van der Waals surface area contributed by atoms with Gasteiger partial charge in [-0.3, -0.25) is 4.79 Å². The number of esters is 1. The predicted octanol–water partition coefficient (Wildman–Crippen LogP) is 8.42. The molecule has 0 spiro atoms. The van der Waals surface area contributed by atoms with Gasteiger partial charge in [-0.15, -0.1) is 0 Å². The normalized spacial score (nSPS) is 13.7. The summed E-state index contributed by atoms with van der Waals surface area (Å²) in [7, 11) is 0. The zero-order valence-corrected chi connectivity index (χ0v) is 22.6. The number of halogens is 6. The predicted molar refractivity (Wildman–Crippen MR) is 146 cm³/mol. The zero-order chi connectivity index (χ0) is 30.5. The highest BCUT2D eigenvalue weighted by Gasteiger charge is 2.44. The second kappa shape index (κ2) is 12.6. The van der Waals surface area contributed by atoms with Gasteiger partial charge in [0.05, 0.1) is 5.54 Å². The van der Waals surface area contributed by atoms with Crippen LogP contribution < -0.4 is 10.1 Å². The van der Waals surface area contributed by atoms with Gasteiger partial charge in [0.15, 0.2) is 0 Å². The number of ether oxygens (including phenoxy) is 2. The zero-order valence-electron chi connectivity index (χ0n) is 22.6. The summed E-state index contributed by atoms with van der Waals surface area (Å²) >= 11 is 0. The van der Waals surface area contributed by atoms with Crippen LogP contribution in [0.2, 0.25) is 0 Å². The number of anilines is 1. The summed E-state index contributed by atoms with van der Waals surface area (Å²) in [6, 6.07) is 23.6. The Morgan fingerprint density at radius 3 is 2.12 bits per heavy atom. The third-order valence-electron chi connectivity index (χ3n) is 6.61. The van der Waals surface area contributed by atoms with Gasteiger partial charge in [-0.25, -0.2) is 8.78 Å². The minimum absolute atomic E-state index is 0.0213. The Balaban J connectivity index is 1.98. The molecule has 0 fully saturated rings. The number of benzene rings is 4. The van der Waals surface area contributed by atoms with E-state index in [1.165, 1.54) is 31.2 Å². The molecule has 0 heterocycles. The Morgan fingerprint density at radius 2 is 1.48 bits per heavy atom. The third kappa shape index (κ3) is 7.05. The first-order valence-electron chi connectivity index (χ1n) is 12.9. The second-order valence-electron chi connectivity index (χ2n) is 9.68. The van der Waals surface area contributed by atoms with E-state index in [9.17, 15) is 26.7 Å². The molecule has 4 aromatic rings. The molecule has 0 saturated heterocycles. The minimum atomic E-state index is -4.89. The van der Waals surface area contributed by atoms with Crippen molar-refractivity contribution in [3.05, 3.63) is 131 Å². The summed E-state index contributed by atoms with van der Waals surface area (Å²) in [5.74, 6) is -2.96. The van der Waals surface area contributed by atoms with E-state index in [-0.39, 0.29) is 12.0 Å². The smallest absolute Gasteiger partial charge is 0.458 e. The lowest BCUT2D eigenvalue weighted by atomic mass is 9.77. The monoisotopic (exact) mass is 587 g/mol. The minimum Gasteiger partial charge on any atom is -0.458 e. The molecule has 4 rings (SSSR count). The first-order chi connectivity index (χ1) is 19.9. The van der Waals surface area contributed by atoms with Gasteiger partial charge in [-0.2, -0.15) is 17.6 Å². The summed E-state index contributed by atoms with van der Waals surface area (Å²) in [6.07, 6.45) is -9.72. The molecule has 0 amide bonds. The fourth-order valence-electron chi connectivity index (χ4n) is 4.77. The lowest BCUT2D eigenvalue weighted by Crippen LogP contribution is -2.40. The molecule has 1 N–H and O–H groups in total. The van der Waals surface area contributed by atoms with Crippen molar-refractivity contribution in [3.63, 3.8) is 0 Å². The van der Waals surface area contributed by atoms with Crippen molar-refractivity contribution < 1.29 is 40.6 Å². The highest BCUT2D eigenvalue weighted by atomic mass is 19.3. The number of rotatable bonds is 11. The molecule has 2 atom stereocenters. The molecule has 0 radical (unpaired) electrons. The Labute approximate surface area is 238 Å². The maximum Gasteiger partial charge on any atom is 0.461 e. The molecule has 0 saturated carbocycles. The summed E-state index contributed by atoms with van der Waals surface area (Å²) in [5.41, 5.74) is 0.569. The largest absolute Gasteiger partial charge is 0.461 e. The van der Waals surface area contributed by atoms with Gasteiger partial charge < -0.3 is 14.8 Å². The van der Waals surface area contributed by atoms with Crippen molar-refractivity contribution in [1.82, 2.24) is 0 Å². The van der Waals surface area contributed by atoms with E-state index in [0.717, 1.165) is 12.1 Å². The van der Waals surface area contributed by atoms with Crippen molar-refractivity contribution >= 4 is 11.7 Å². The summed E-state index contributed by atoms with van der Waals surface area (Å²) in [4.78, 5) is 11.7. The number of hydrogen-bond acceptors (Lipinski definition) is 4. The summed E-state index contributed by atoms with van der Waals surface area (Å²) in [5, 5.41) is 3.38. The van der Waals surface area contributed by atoms with E-state index < -0.39 is 47.5 Å². The van der Waals surface area contributed by atoms with Crippen LogP contribution in [0.15, 0.2) is 97.1 Å². The van der Waals surface area contributed by atoms with Crippen LogP contribution in [0, 0.1) is 11.6 Å². The molecule has 0 aromatic heterocycles. The molecule has 1 unspecified atom stereocenters. The van der Waals surface area contributed by atoms with Crippen molar-refractivity contribution in [2.45, 2.75) is 44.4 Å². The summed E-state index contributed by atoms with van der Waals surface area (Å²) < 4.78 is 92.6. The maximum atomic E-state index is 15.1. The molecule has 0 aliphatic carbocycles. The molecular weight excluding hydrogens is 560 g/mol. The second-order valence-corrected chi connectivity index (χ2v) is 9.68. The van der Waals surface area contributed by atoms with Crippen LogP contribution in [0.4, 0.5) is 32.0 Å². The SMILES string of the molecule is CC(=O)OC(C)c1ccccc1N[C@](Cc1ccccc1)(c1ccc(F)cc1)c1cc(F)cc(OC(F)(F)C(F)F)c1. The van der Waals surface area contributed by atoms with Gasteiger partial charge in [0.25, 0.3) is 0 Å². The van der Waals surface area contributed by atoms with E-state index in [4.69, 9.17) is 4.74 Å². The van der Waals surface area contributed by atoms with Gasteiger partial charge in [0.1, 0.15) is 23.5 Å². The number of carbonyl (C=O) groups excluding carboxylic acids is 1. The van der Waals surface area contributed by atoms with E-state index in [1.807, 2.05) is 0 Å². The lowest BCUT2D eigenvalue weighted by molar-refractivity contribution is -0.253. The Bertz CT molecular complexity index is 1510. The van der Waals surface area contributed by atoms with Crippen LogP contribution in [0.25, 0.3) is 0 Å². The van der Waals surface area contributed by atoms with E-state index in [1.54, 1.807) is 61.5 Å². The van der Waals surface area contributed by atoms with Crippen molar-refractivity contribution in [3.8, 4) is 5.75 Å². The molecular formula is C32H27F6NO3. The molecule has 4 aromatic carbocycles. The Morgan fingerprint density at radius 1 is 0.833 bits per heavy atom. The maximum absolute atomic E-state index is 15.1. The van der Waals surface area contributed by atoms with Crippen LogP contribution >= 0.6 is 0 Å². The molecule has 0 aliphatic heterocycles. The van der Waals surface area contributed by atoms with Crippen molar-refractivity contribution in [1.29, 1.82) is 0 Å². The number of hydrogen-bond donors (Lipinski definition) is 1.